The Morgan fingerprint density at radius 1 is 1.44 bits per heavy atom. The number of halogens is 2. The van der Waals surface area contributed by atoms with Crippen LogP contribution in [-0.2, 0) is 7.05 Å². The summed E-state index contributed by atoms with van der Waals surface area (Å²) in [7, 11) is 1.75. The molecule has 84 valence electrons. The first-order valence-corrected chi connectivity index (χ1v) is 5.54. The van der Waals surface area contributed by atoms with Gasteiger partial charge in [0.05, 0.1) is 10.7 Å². The van der Waals surface area contributed by atoms with Gasteiger partial charge < -0.3 is 5.73 Å². The van der Waals surface area contributed by atoms with E-state index in [1.54, 1.807) is 24.0 Å². The molecule has 0 unspecified atom stereocenters. The zero-order chi connectivity index (χ0) is 11.9. The van der Waals surface area contributed by atoms with Gasteiger partial charge in [-0.25, -0.2) is 4.39 Å². The molecule has 1 heterocycles. The van der Waals surface area contributed by atoms with E-state index in [0.717, 1.165) is 16.7 Å². The highest BCUT2D eigenvalue weighted by Crippen LogP contribution is 2.36. The largest absolute Gasteiger partial charge is 0.383 e. The van der Waals surface area contributed by atoms with Crippen LogP contribution in [0.1, 0.15) is 5.56 Å². The van der Waals surface area contributed by atoms with Crippen LogP contribution in [0.5, 0.6) is 0 Å². The Bertz CT molecular complexity index is 548. The van der Waals surface area contributed by atoms with Gasteiger partial charge in [-0.05, 0) is 34.5 Å². The molecular weight excluding hydrogens is 273 g/mol. The molecule has 0 spiro atoms. The molecular formula is C11H11BrFN3. The van der Waals surface area contributed by atoms with Crippen LogP contribution in [0.25, 0.3) is 11.1 Å². The fourth-order valence-corrected chi connectivity index (χ4v) is 2.28. The average molecular weight is 284 g/mol. The first-order chi connectivity index (χ1) is 7.52. The molecule has 0 amide bonds. The van der Waals surface area contributed by atoms with Crippen molar-refractivity contribution >= 4 is 21.7 Å². The molecule has 0 saturated heterocycles. The third-order valence-corrected chi connectivity index (χ3v) is 3.33. The van der Waals surface area contributed by atoms with Crippen LogP contribution in [0, 0.1) is 12.7 Å². The summed E-state index contributed by atoms with van der Waals surface area (Å²) in [5.74, 6) is 0.221. The van der Waals surface area contributed by atoms with Crippen molar-refractivity contribution in [3.8, 4) is 11.1 Å². The summed E-state index contributed by atoms with van der Waals surface area (Å²) in [4.78, 5) is 0. The smallest absolute Gasteiger partial charge is 0.138 e. The number of nitrogens with two attached hydrogens (primary N) is 1. The van der Waals surface area contributed by atoms with Crippen molar-refractivity contribution < 1.29 is 4.39 Å². The van der Waals surface area contributed by atoms with Gasteiger partial charge in [-0.2, -0.15) is 5.10 Å². The fraction of sp³-hybridized carbons (Fsp3) is 0.182. The summed E-state index contributed by atoms with van der Waals surface area (Å²) in [5, 5.41) is 4.05. The van der Waals surface area contributed by atoms with Gasteiger partial charge in [0.25, 0.3) is 0 Å². The van der Waals surface area contributed by atoms with Gasteiger partial charge in [0.1, 0.15) is 11.6 Å². The van der Waals surface area contributed by atoms with Crippen LogP contribution in [0.15, 0.2) is 22.8 Å². The van der Waals surface area contributed by atoms with Crippen LogP contribution in [0.2, 0.25) is 0 Å². The number of hydrogen-bond donors (Lipinski definition) is 1. The van der Waals surface area contributed by atoms with E-state index in [1.165, 1.54) is 6.07 Å². The van der Waals surface area contributed by atoms with Gasteiger partial charge >= 0.3 is 0 Å². The van der Waals surface area contributed by atoms with Crippen molar-refractivity contribution in [3.63, 3.8) is 0 Å². The normalized spacial score (nSPS) is 10.8. The molecule has 0 fully saturated rings. The number of benzene rings is 1. The first kappa shape index (κ1) is 11.1. The highest BCUT2D eigenvalue weighted by molar-refractivity contribution is 9.10. The van der Waals surface area contributed by atoms with E-state index in [0.29, 0.717) is 10.3 Å². The Labute approximate surface area is 101 Å². The molecule has 1 aromatic heterocycles. The summed E-state index contributed by atoms with van der Waals surface area (Å²) in [6, 6.07) is 3.15. The van der Waals surface area contributed by atoms with E-state index < -0.39 is 0 Å². The predicted octanol–water partition coefficient (Wildman–Crippen LogP) is 2.88. The van der Waals surface area contributed by atoms with Gasteiger partial charge in [-0.3, -0.25) is 4.68 Å². The van der Waals surface area contributed by atoms with Crippen molar-refractivity contribution in [2.75, 3.05) is 5.73 Å². The number of nitrogen functional groups attached to an aromatic ring is 1. The Morgan fingerprint density at radius 3 is 2.69 bits per heavy atom. The van der Waals surface area contributed by atoms with E-state index in [-0.39, 0.29) is 5.82 Å². The molecule has 0 aliphatic carbocycles. The molecule has 2 rings (SSSR count). The van der Waals surface area contributed by atoms with E-state index in [4.69, 9.17) is 5.73 Å². The maximum atomic E-state index is 13.5. The highest BCUT2D eigenvalue weighted by Gasteiger charge is 2.15. The molecule has 2 N–H and O–H groups in total. The second-order valence-electron chi connectivity index (χ2n) is 3.62. The number of nitrogens with zero attached hydrogens (tertiary/aromatic N) is 2. The first-order valence-electron chi connectivity index (χ1n) is 4.75. The highest BCUT2D eigenvalue weighted by atomic mass is 79.9. The Morgan fingerprint density at radius 2 is 2.12 bits per heavy atom. The van der Waals surface area contributed by atoms with E-state index in [2.05, 4.69) is 21.0 Å². The molecule has 5 heteroatoms. The quantitative estimate of drug-likeness (QED) is 0.875. The lowest BCUT2D eigenvalue weighted by molar-refractivity contribution is 0.621. The lowest BCUT2D eigenvalue weighted by atomic mass is 10.0. The number of hydrogen-bond acceptors (Lipinski definition) is 2. The maximum absolute atomic E-state index is 13.5. The van der Waals surface area contributed by atoms with Crippen molar-refractivity contribution in [2.45, 2.75) is 6.92 Å². The van der Waals surface area contributed by atoms with Crippen LogP contribution in [0.3, 0.4) is 0 Å². The molecule has 0 aliphatic heterocycles. The third-order valence-electron chi connectivity index (χ3n) is 2.56. The van der Waals surface area contributed by atoms with Crippen molar-refractivity contribution in [2.24, 2.45) is 7.05 Å². The molecule has 0 bridgehead atoms. The minimum atomic E-state index is -0.302. The number of aromatic nitrogens is 2. The molecule has 0 radical (unpaired) electrons. The Hall–Kier alpha value is -1.36. The van der Waals surface area contributed by atoms with Crippen molar-refractivity contribution in [1.82, 2.24) is 9.78 Å². The van der Waals surface area contributed by atoms with Gasteiger partial charge in [0, 0.05) is 18.2 Å². The second kappa shape index (κ2) is 3.90. The van der Waals surface area contributed by atoms with Gasteiger partial charge in [0.2, 0.25) is 0 Å². The van der Waals surface area contributed by atoms with Crippen LogP contribution >= 0.6 is 15.9 Å². The van der Waals surface area contributed by atoms with Crippen LogP contribution < -0.4 is 5.73 Å². The summed E-state index contributed by atoms with van der Waals surface area (Å²) in [5.41, 5.74) is 8.33. The fourth-order valence-electron chi connectivity index (χ4n) is 1.62. The minimum Gasteiger partial charge on any atom is -0.383 e. The summed E-state index contributed by atoms with van der Waals surface area (Å²) in [6.07, 6.45) is 1.64. The number of anilines is 1. The van der Waals surface area contributed by atoms with E-state index >= 15 is 0 Å². The lowest BCUT2D eigenvalue weighted by Crippen LogP contribution is -1.99. The van der Waals surface area contributed by atoms with Crippen molar-refractivity contribution in [3.05, 3.63) is 34.2 Å². The standard InChI is InChI=1S/C11H11BrFN3/c1-6-3-4-8(13)10(12)9(6)7-5-15-16(2)11(7)14/h3-5H,14H2,1-2H3. The van der Waals surface area contributed by atoms with Crippen LogP contribution in [-0.4, -0.2) is 9.78 Å². The predicted molar refractivity (Wildman–Crippen MR) is 65.5 cm³/mol. The molecule has 2 aromatic rings. The zero-order valence-corrected chi connectivity index (χ0v) is 10.5. The summed E-state index contributed by atoms with van der Waals surface area (Å²) < 4.78 is 15.5. The molecule has 0 atom stereocenters. The number of aryl methyl sites for hydroxylation is 2. The maximum Gasteiger partial charge on any atom is 0.138 e. The Balaban J connectivity index is 2.73. The topological polar surface area (TPSA) is 43.8 Å². The van der Waals surface area contributed by atoms with Gasteiger partial charge in [-0.1, -0.05) is 6.07 Å². The Kier molecular flexibility index (Phi) is 2.71. The minimum absolute atomic E-state index is 0.302. The van der Waals surface area contributed by atoms with Gasteiger partial charge in [-0.15, -0.1) is 0 Å². The number of rotatable bonds is 1. The third kappa shape index (κ3) is 1.61. The van der Waals surface area contributed by atoms with Crippen LogP contribution in [0.4, 0.5) is 10.2 Å². The lowest BCUT2D eigenvalue weighted by Gasteiger charge is -2.08. The van der Waals surface area contributed by atoms with Crippen molar-refractivity contribution in [1.29, 1.82) is 0 Å². The molecule has 1 aromatic carbocycles. The monoisotopic (exact) mass is 283 g/mol. The van der Waals surface area contributed by atoms with Gasteiger partial charge in [0.15, 0.2) is 0 Å². The average Bonchev–Trinajstić information content (AvgIpc) is 2.56. The summed E-state index contributed by atoms with van der Waals surface area (Å²) >= 11 is 3.24. The second-order valence-corrected chi connectivity index (χ2v) is 4.41. The summed E-state index contributed by atoms with van der Waals surface area (Å²) in [6.45, 7) is 1.91. The molecule has 16 heavy (non-hydrogen) atoms. The van der Waals surface area contributed by atoms with E-state index in [9.17, 15) is 4.39 Å². The zero-order valence-electron chi connectivity index (χ0n) is 8.96. The molecule has 3 nitrogen and oxygen atoms in total. The molecule has 0 aliphatic rings. The SMILES string of the molecule is Cc1ccc(F)c(Br)c1-c1cnn(C)c1N. The van der Waals surface area contributed by atoms with E-state index in [1.807, 2.05) is 6.92 Å². The molecule has 0 saturated carbocycles.